The number of nitrogens with zero attached hydrogens (tertiary/aromatic N) is 4. The van der Waals surface area contributed by atoms with Crippen LogP contribution in [0.1, 0.15) is 11.3 Å². The molecule has 9 heteroatoms. The van der Waals surface area contributed by atoms with E-state index in [2.05, 4.69) is 9.97 Å². The summed E-state index contributed by atoms with van der Waals surface area (Å²) in [7, 11) is 0. The normalized spacial score (nSPS) is 11.3. The highest BCUT2D eigenvalue weighted by Crippen LogP contribution is 2.32. The fourth-order valence-corrected chi connectivity index (χ4v) is 3.82. The Morgan fingerprint density at radius 1 is 1.18 bits per heavy atom. The van der Waals surface area contributed by atoms with E-state index in [1.165, 1.54) is 21.8 Å². The van der Waals surface area contributed by atoms with E-state index in [1.807, 2.05) is 6.07 Å². The van der Waals surface area contributed by atoms with Crippen LogP contribution in [0.5, 0.6) is 0 Å². The van der Waals surface area contributed by atoms with E-state index in [4.69, 9.17) is 11.6 Å². The van der Waals surface area contributed by atoms with Gasteiger partial charge in [-0.05, 0) is 23.8 Å². The van der Waals surface area contributed by atoms with Gasteiger partial charge in [-0.15, -0.1) is 11.3 Å². The van der Waals surface area contributed by atoms with Crippen LogP contribution in [0.4, 0.5) is 5.69 Å². The monoisotopic (exact) mass is 410 g/mol. The van der Waals surface area contributed by atoms with E-state index < -0.39 is 10.5 Å². The van der Waals surface area contributed by atoms with Crippen LogP contribution >= 0.6 is 22.9 Å². The van der Waals surface area contributed by atoms with E-state index in [0.717, 1.165) is 5.56 Å². The number of hydrogen-bond acceptors (Lipinski definition) is 6. The minimum atomic E-state index is -0.482. The second-order valence-electron chi connectivity index (χ2n) is 5.75. The van der Waals surface area contributed by atoms with Gasteiger partial charge in [0.15, 0.2) is 4.96 Å². The molecule has 0 N–H and O–H groups in total. The number of fused-ring (bicyclic) bond motifs is 1. The molecule has 28 heavy (non-hydrogen) atoms. The summed E-state index contributed by atoms with van der Waals surface area (Å²) < 4.78 is 1.30. The minimum Gasteiger partial charge on any atom is -0.267 e. The van der Waals surface area contributed by atoms with E-state index in [9.17, 15) is 14.9 Å². The smallest absolute Gasteiger partial charge is 0.267 e. The number of nitro benzene ring substituents is 1. The standard InChI is InChI=1S/C19H11ClN4O3S/c20-17-14(8-7-12-4-3-9-21-10-12)22-19-23(18(17)25)16(11-28-19)13-5-1-2-6-15(13)24(26)27/h1-11H. The van der Waals surface area contributed by atoms with Crippen molar-refractivity contribution in [3.05, 3.63) is 90.9 Å². The average molecular weight is 411 g/mol. The summed E-state index contributed by atoms with van der Waals surface area (Å²) in [5.74, 6) is 0. The molecule has 0 aliphatic rings. The Kier molecular flexibility index (Phi) is 4.72. The Bertz CT molecular complexity index is 1280. The van der Waals surface area contributed by atoms with Crippen molar-refractivity contribution in [2.75, 3.05) is 0 Å². The first-order valence-corrected chi connectivity index (χ1v) is 9.33. The highest BCUT2D eigenvalue weighted by atomic mass is 35.5. The zero-order valence-electron chi connectivity index (χ0n) is 14.2. The maximum absolute atomic E-state index is 12.9. The predicted molar refractivity (Wildman–Crippen MR) is 110 cm³/mol. The fraction of sp³-hybridized carbons (Fsp3) is 0. The van der Waals surface area contributed by atoms with Gasteiger partial charge in [0.1, 0.15) is 5.02 Å². The Balaban J connectivity index is 1.87. The van der Waals surface area contributed by atoms with Crippen LogP contribution < -0.4 is 5.56 Å². The molecule has 4 aromatic rings. The molecule has 0 saturated carbocycles. The topological polar surface area (TPSA) is 90.4 Å². The number of hydrogen-bond donors (Lipinski definition) is 0. The van der Waals surface area contributed by atoms with Gasteiger partial charge in [-0.1, -0.05) is 35.9 Å². The van der Waals surface area contributed by atoms with Crippen LogP contribution in [-0.4, -0.2) is 19.3 Å². The summed E-state index contributed by atoms with van der Waals surface area (Å²) in [6.45, 7) is 0. The van der Waals surface area contributed by atoms with Gasteiger partial charge in [-0.2, -0.15) is 0 Å². The third-order valence-corrected chi connectivity index (χ3v) is 5.22. The zero-order chi connectivity index (χ0) is 19.7. The summed E-state index contributed by atoms with van der Waals surface area (Å²) in [5, 5.41) is 12.9. The zero-order valence-corrected chi connectivity index (χ0v) is 15.7. The van der Waals surface area contributed by atoms with Gasteiger partial charge in [-0.3, -0.25) is 19.9 Å². The maximum atomic E-state index is 12.9. The quantitative estimate of drug-likeness (QED) is 0.363. The van der Waals surface area contributed by atoms with Crippen LogP contribution in [0.3, 0.4) is 0 Å². The molecule has 0 aliphatic heterocycles. The van der Waals surface area contributed by atoms with Gasteiger partial charge in [0.25, 0.3) is 11.2 Å². The summed E-state index contributed by atoms with van der Waals surface area (Å²) in [6, 6.07) is 9.90. The van der Waals surface area contributed by atoms with Crippen molar-refractivity contribution in [3.63, 3.8) is 0 Å². The molecule has 138 valence electrons. The Labute approximate surface area is 167 Å². The molecule has 0 aliphatic carbocycles. The molecule has 7 nitrogen and oxygen atoms in total. The molecule has 0 atom stereocenters. The largest absolute Gasteiger partial charge is 0.278 e. The number of rotatable bonds is 4. The number of pyridine rings is 1. The first-order chi connectivity index (χ1) is 13.6. The highest BCUT2D eigenvalue weighted by Gasteiger charge is 2.20. The first kappa shape index (κ1) is 18.0. The van der Waals surface area contributed by atoms with E-state index in [1.54, 1.807) is 54.2 Å². The maximum Gasteiger partial charge on any atom is 0.278 e. The number of thiazole rings is 1. The van der Waals surface area contributed by atoms with Crippen LogP contribution in [0, 0.1) is 10.1 Å². The molecule has 0 bridgehead atoms. The number of aromatic nitrogens is 3. The second-order valence-corrected chi connectivity index (χ2v) is 6.96. The lowest BCUT2D eigenvalue weighted by molar-refractivity contribution is -0.384. The fourth-order valence-electron chi connectivity index (χ4n) is 2.74. The molecule has 0 radical (unpaired) electrons. The Morgan fingerprint density at radius 2 is 2.00 bits per heavy atom. The van der Waals surface area contributed by atoms with E-state index in [0.29, 0.717) is 21.9 Å². The van der Waals surface area contributed by atoms with Gasteiger partial charge in [0.05, 0.1) is 21.9 Å². The number of nitro groups is 1. The van der Waals surface area contributed by atoms with Gasteiger partial charge >= 0.3 is 0 Å². The summed E-state index contributed by atoms with van der Waals surface area (Å²) in [4.78, 5) is 32.6. The summed E-state index contributed by atoms with van der Waals surface area (Å²) in [5.41, 5.74) is 1.31. The van der Waals surface area contributed by atoms with Crippen LogP contribution in [0.15, 0.2) is 59.0 Å². The number of benzene rings is 1. The number of halogens is 1. The molecular weight excluding hydrogens is 400 g/mol. The van der Waals surface area contributed by atoms with Crippen LogP contribution in [-0.2, 0) is 0 Å². The van der Waals surface area contributed by atoms with Gasteiger partial charge in [0, 0.05) is 23.8 Å². The molecule has 3 heterocycles. The third kappa shape index (κ3) is 3.19. The van der Waals surface area contributed by atoms with Crippen molar-refractivity contribution < 1.29 is 4.92 Å². The Morgan fingerprint density at radius 3 is 2.75 bits per heavy atom. The van der Waals surface area contributed by atoms with Crippen LogP contribution in [0.25, 0.3) is 28.4 Å². The molecule has 0 unspecified atom stereocenters. The molecule has 4 rings (SSSR count). The lowest BCUT2D eigenvalue weighted by Crippen LogP contribution is -2.16. The van der Waals surface area contributed by atoms with E-state index in [-0.39, 0.29) is 10.7 Å². The molecular formula is C19H11ClN4O3S. The lowest BCUT2D eigenvalue weighted by Gasteiger charge is -2.04. The minimum absolute atomic E-state index is 0.0594. The van der Waals surface area contributed by atoms with Crippen molar-refractivity contribution in [1.29, 1.82) is 0 Å². The summed E-state index contributed by atoms with van der Waals surface area (Å²) >= 11 is 7.48. The molecule has 0 amide bonds. The van der Waals surface area contributed by atoms with Gasteiger partial charge in [-0.25, -0.2) is 9.38 Å². The third-order valence-electron chi connectivity index (χ3n) is 4.03. The molecule has 0 spiro atoms. The van der Waals surface area contributed by atoms with E-state index >= 15 is 0 Å². The highest BCUT2D eigenvalue weighted by molar-refractivity contribution is 7.15. The lowest BCUT2D eigenvalue weighted by atomic mass is 10.1. The van der Waals surface area contributed by atoms with Crippen molar-refractivity contribution in [2.45, 2.75) is 0 Å². The molecule has 3 aromatic heterocycles. The SMILES string of the molecule is O=c1c(Cl)c(C=Cc2cccnc2)nc2scc(-c3ccccc3[N+](=O)[O-])n12. The first-order valence-electron chi connectivity index (χ1n) is 8.08. The van der Waals surface area contributed by atoms with Crippen molar-refractivity contribution >= 4 is 45.7 Å². The second kappa shape index (κ2) is 7.34. The van der Waals surface area contributed by atoms with Crippen molar-refractivity contribution in [1.82, 2.24) is 14.4 Å². The molecule has 0 fully saturated rings. The predicted octanol–water partition coefficient (Wildman–Crippen LogP) is 4.55. The molecule has 1 aromatic carbocycles. The number of para-hydroxylation sites is 1. The Hall–Kier alpha value is -3.36. The summed E-state index contributed by atoms with van der Waals surface area (Å²) in [6.07, 6.45) is 6.74. The van der Waals surface area contributed by atoms with Crippen molar-refractivity contribution in [3.8, 4) is 11.3 Å². The average Bonchev–Trinajstić information content (AvgIpc) is 3.14. The van der Waals surface area contributed by atoms with Crippen molar-refractivity contribution in [2.24, 2.45) is 0 Å². The van der Waals surface area contributed by atoms with Crippen LogP contribution in [0.2, 0.25) is 5.02 Å². The van der Waals surface area contributed by atoms with Gasteiger partial charge in [0.2, 0.25) is 0 Å². The molecule has 0 saturated heterocycles. The van der Waals surface area contributed by atoms with Gasteiger partial charge < -0.3 is 0 Å².